The number of ether oxygens (including phenoxy) is 3. The smallest absolute Gasteiger partial charge is 0.411 e. The van der Waals surface area contributed by atoms with E-state index in [0.29, 0.717) is 16.3 Å². The molecule has 0 fully saturated rings. The van der Waals surface area contributed by atoms with Gasteiger partial charge in [-0.1, -0.05) is 35.4 Å². The highest BCUT2D eigenvalue weighted by molar-refractivity contribution is 6.30. The van der Waals surface area contributed by atoms with Crippen molar-refractivity contribution in [3.63, 3.8) is 0 Å². The molecule has 6 heteroatoms. The molecular formula is C18H20ClNO4. The van der Waals surface area contributed by atoms with Gasteiger partial charge in [0.1, 0.15) is 0 Å². The van der Waals surface area contributed by atoms with Crippen LogP contribution in [0.25, 0.3) is 0 Å². The molecule has 1 N–H and O–H groups in total. The Morgan fingerprint density at radius 3 is 2.21 bits per heavy atom. The summed E-state index contributed by atoms with van der Waals surface area (Å²) in [6.07, 6.45) is -0.572. The number of carbonyl (C=O) groups is 1. The van der Waals surface area contributed by atoms with Crippen LogP contribution in [0.1, 0.15) is 16.7 Å². The zero-order valence-corrected chi connectivity index (χ0v) is 14.8. The lowest BCUT2D eigenvalue weighted by Crippen LogP contribution is -2.33. The van der Waals surface area contributed by atoms with E-state index in [1.54, 1.807) is 32.4 Å². The molecule has 2 aromatic carbocycles. The van der Waals surface area contributed by atoms with E-state index in [-0.39, 0.29) is 0 Å². The molecule has 1 amide bonds. The number of carbonyl (C=O) groups excluding carboxylic acids is 1. The Morgan fingerprint density at radius 1 is 1.04 bits per heavy atom. The second-order valence-corrected chi connectivity index (χ2v) is 5.63. The van der Waals surface area contributed by atoms with Crippen molar-refractivity contribution in [2.24, 2.45) is 0 Å². The Balaban J connectivity index is 2.64. The van der Waals surface area contributed by atoms with Gasteiger partial charge in [0.15, 0.2) is 0 Å². The zero-order chi connectivity index (χ0) is 17.7. The lowest BCUT2D eigenvalue weighted by Gasteiger charge is -2.33. The van der Waals surface area contributed by atoms with Crippen LogP contribution in [0, 0.1) is 6.92 Å². The van der Waals surface area contributed by atoms with E-state index in [1.165, 1.54) is 7.11 Å². The predicted octanol–water partition coefficient (Wildman–Crippen LogP) is 4.32. The molecule has 0 aliphatic rings. The number of hydrogen-bond donors (Lipinski definition) is 1. The first-order valence-electron chi connectivity index (χ1n) is 7.29. The standard InChI is InChI=1S/C18H20ClNO4/c1-12-5-10-16(20-17(21)22-2)15(11-12)18(23-3,24-4)13-6-8-14(19)9-7-13/h5-11H,1-4H3,(H,20,21). The van der Waals surface area contributed by atoms with Gasteiger partial charge in [0.2, 0.25) is 5.79 Å². The number of nitrogens with one attached hydrogen (secondary N) is 1. The molecular weight excluding hydrogens is 330 g/mol. The van der Waals surface area contributed by atoms with Crippen LogP contribution >= 0.6 is 11.6 Å². The van der Waals surface area contributed by atoms with Crippen molar-refractivity contribution in [2.75, 3.05) is 26.6 Å². The van der Waals surface area contributed by atoms with Gasteiger partial charge in [0.25, 0.3) is 0 Å². The summed E-state index contributed by atoms with van der Waals surface area (Å²) >= 11 is 5.98. The molecule has 2 rings (SSSR count). The summed E-state index contributed by atoms with van der Waals surface area (Å²) in [7, 11) is 4.40. The van der Waals surface area contributed by atoms with Crippen LogP contribution in [0.5, 0.6) is 0 Å². The third-order valence-electron chi connectivity index (χ3n) is 3.75. The highest BCUT2D eigenvalue weighted by Crippen LogP contribution is 2.39. The van der Waals surface area contributed by atoms with Crippen molar-refractivity contribution >= 4 is 23.4 Å². The van der Waals surface area contributed by atoms with Crippen molar-refractivity contribution in [2.45, 2.75) is 12.7 Å². The molecule has 24 heavy (non-hydrogen) atoms. The number of benzene rings is 2. The van der Waals surface area contributed by atoms with E-state index >= 15 is 0 Å². The van der Waals surface area contributed by atoms with E-state index in [2.05, 4.69) is 5.32 Å². The number of hydrogen-bond acceptors (Lipinski definition) is 4. The first-order chi connectivity index (χ1) is 11.5. The molecule has 0 bridgehead atoms. The summed E-state index contributed by atoms with van der Waals surface area (Å²) in [5.74, 6) is -1.20. The van der Waals surface area contributed by atoms with Crippen molar-refractivity contribution in [3.05, 3.63) is 64.2 Å². The maximum atomic E-state index is 11.7. The summed E-state index contributed by atoms with van der Waals surface area (Å²) < 4.78 is 16.2. The molecule has 0 saturated heterocycles. The first kappa shape index (κ1) is 18.3. The Labute approximate surface area is 146 Å². The van der Waals surface area contributed by atoms with E-state index in [0.717, 1.165) is 11.1 Å². The second kappa shape index (κ2) is 7.66. The van der Waals surface area contributed by atoms with Gasteiger partial charge in [0, 0.05) is 30.4 Å². The fourth-order valence-electron chi connectivity index (χ4n) is 2.56. The van der Waals surface area contributed by atoms with Gasteiger partial charge in [-0.15, -0.1) is 0 Å². The lowest BCUT2D eigenvalue weighted by molar-refractivity contribution is -0.183. The molecule has 0 aliphatic heterocycles. The molecule has 0 aromatic heterocycles. The maximum Gasteiger partial charge on any atom is 0.411 e. The Bertz CT molecular complexity index is 711. The molecule has 0 radical (unpaired) electrons. The summed E-state index contributed by atoms with van der Waals surface area (Å²) in [5, 5.41) is 3.30. The van der Waals surface area contributed by atoms with Crippen LogP contribution in [0.3, 0.4) is 0 Å². The number of amides is 1. The molecule has 5 nitrogen and oxygen atoms in total. The summed E-state index contributed by atoms with van der Waals surface area (Å²) in [6.45, 7) is 1.95. The summed E-state index contributed by atoms with van der Waals surface area (Å²) in [5.41, 5.74) is 2.93. The Kier molecular flexibility index (Phi) is 5.83. The number of aryl methyl sites for hydroxylation is 1. The Hall–Kier alpha value is -2.08. The zero-order valence-electron chi connectivity index (χ0n) is 14.1. The average Bonchev–Trinajstić information content (AvgIpc) is 2.60. The van der Waals surface area contributed by atoms with Crippen molar-refractivity contribution in [1.29, 1.82) is 0 Å². The summed E-state index contributed by atoms with van der Waals surface area (Å²) in [4.78, 5) is 11.7. The van der Waals surface area contributed by atoms with Crippen LogP contribution in [-0.2, 0) is 20.0 Å². The van der Waals surface area contributed by atoms with Crippen molar-refractivity contribution in [3.8, 4) is 0 Å². The topological polar surface area (TPSA) is 56.8 Å². The quantitative estimate of drug-likeness (QED) is 0.817. The maximum absolute atomic E-state index is 11.7. The van der Waals surface area contributed by atoms with E-state index < -0.39 is 11.9 Å². The Morgan fingerprint density at radius 2 is 1.67 bits per heavy atom. The third kappa shape index (κ3) is 3.53. The summed E-state index contributed by atoms with van der Waals surface area (Å²) in [6, 6.07) is 12.7. The number of anilines is 1. The lowest BCUT2D eigenvalue weighted by atomic mass is 9.94. The second-order valence-electron chi connectivity index (χ2n) is 5.20. The van der Waals surface area contributed by atoms with Crippen LogP contribution < -0.4 is 5.32 Å². The normalized spacial score (nSPS) is 11.2. The number of rotatable bonds is 5. The molecule has 0 heterocycles. The van der Waals surface area contributed by atoms with E-state index in [4.69, 9.17) is 25.8 Å². The minimum atomic E-state index is -1.20. The molecule has 0 spiro atoms. The molecule has 0 unspecified atom stereocenters. The molecule has 0 aliphatic carbocycles. The van der Waals surface area contributed by atoms with Crippen molar-refractivity contribution < 1.29 is 19.0 Å². The molecule has 2 aromatic rings. The van der Waals surface area contributed by atoms with Gasteiger partial charge in [-0.2, -0.15) is 0 Å². The highest BCUT2D eigenvalue weighted by atomic mass is 35.5. The monoisotopic (exact) mass is 349 g/mol. The van der Waals surface area contributed by atoms with Gasteiger partial charge < -0.3 is 14.2 Å². The van der Waals surface area contributed by atoms with Gasteiger partial charge >= 0.3 is 6.09 Å². The highest BCUT2D eigenvalue weighted by Gasteiger charge is 2.37. The van der Waals surface area contributed by atoms with Crippen LogP contribution in [0.2, 0.25) is 5.02 Å². The average molecular weight is 350 g/mol. The van der Waals surface area contributed by atoms with Gasteiger partial charge in [0.05, 0.1) is 12.8 Å². The van der Waals surface area contributed by atoms with E-state index in [9.17, 15) is 4.79 Å². The molecule has 0 atom stereocenters. The number of halogens is 1. The molecule has 128 valence electrons. The SMILES string of the molecule is COC(=O)Nc1ccc(C)cc1C(OC)(OC)c1ccc(Cl)cc1. The fourth-order valence-corrected chi connectivity index (χ4v) is 2.69. The predicted molar refractivity (Wildman–Crippen MR) is 93.5 cm³/mol. The van der Waals surface area contributed by atoms with Gasteiger partial charge in [-0.3, -0.25) is 5.32 Å². The first-order valence-corrected chi connectivity index (χ1v) is 7.67. The fraction of sp³-hybridized carbons (Fsp3) is 0.278. The van der Waals surface area contributed by atoms with Crippen LogP contribution in [-0.4, -0.2) is 27.4 Å². The van der Waals surface area contributed by atoms with Gasteiger partial charge in [-0.25, -0.2) is 4.79 Å². The van der Waals surface area contributed by atoms with Crippen LogP contribution in [0.4, 0.5) is 10.5 Å². The minimum Gasteiger partial charge on any atom is -0.453 e. The van der Waals surface area contributed by atoms with E-state index in [1.807, 2.05) is 31.2 Å². The molecule has 0 saturated carbocycles. The van der Waals surface area contributed by atoms with Crippen LogP contribution in [0.15, 0.2) is 42.5 Å². The number of methoxy groups -OCH3 is 3. The minimum absolute atomic E-state index is 0.533. The third-order valence-corrected chi connectivity index (χ3v) is 4.00. The van der Waals surface area contributed by atoms with Crippen molar-refractivity contribution in [1.82, 2.24) is 0 Å². The largest absolute Gasteiger partial charge is 0.453 e. The van der Waals surface area contributed by atoms with Gasteiger partial charge in [-0.05, 0) is 31.2 Å².